The van der Waals surface area contributed by atoms with E-state index in [4.69, 9.17) is 20.3 Å². The fourth-order valence-corrected chi connectivity index (χ4v) is 2.02. The van der Waals surface area contributed by atoms with Crippen molar-refractivity contribution in [2.24, 2.45) is 0 Å². The van der Waals surface area contributed by atoms with E-state index in [2.05, 4.69) is 5.32 Å². The minimum absolute atomic E-state index is 0.0172. The molecule has 0 radical (unpaired) electrons. The van der Waals surface area contributed by atoms with E-state index >= 15 is 0 Å². The zero-order valence-electron chi connectivity index (χ0n) is 11.6. The van der Waals surface area contributed by atoms with Gasteiger partial charge in [-0.1, -0.05) is 0 Å². The third-order valence-corrected chi connectivity index (χ3v) is 2.60. The van der Waals surface area contributed by atoms with Gasteiger partial charge >= 0.3 is 0 Å². The van der Waals surface area contributed by atoms with Crippen LogP contribution in [0, 0.1) is 10.8 Å². The molecule has 0 saturated carbocycles. The average Bonchev–Trinajstić information content (AvgIpc) is 2.57. The first-order valence-corrected chi connectivity index (χ1v) is 6.35. The van der Waals surface area contributed by atoms with E-state index in [0.29, 0.717) is 22.6 Å². The molecule has 1 aliphatic heterocycles. The molecule has 0 bridgehead atoms. The molecule has 5 nitrogen and oxygen atoms in total. The maximum atomic E-state index is 7.94. The van der Waals surface area contributed by atoms with E-state index in [-0.39, 0.29) is 23.9 Å². The van der Waals surface area contributed by atoms with Crippen LogP contribution in [0.1, 0.15) is 38.8 Å². The number of fused-ring (bicyclic) bond motifs is 1. The second-order valence-electron chi connectivity index (χ2n) is 5.02. The highest BCUT2D eigenvalue weighted by molar-refractivity contribution is 6.25. The van der Waals surface area contributed by atoms with Crippen LogP contribution in [0.2, 0.25) is 0 Å². The molecule has 1 aromatic rings. The van der Waals surface area contributed by atoms with Crippen molar-refractivity contribution in [3.8, 4) is 11.5 Å². The number of nitrogens with one attached hydrogen (secondary N) is 3. The highest BCUT2D eigenvalue weighted by atomic mass is 16.5. The second kappa shape index (κ2) is 4.91. The van der Waals surface area contributed by atoms with Crippen LogP contribution in [0.15, 0.2) is 12.1 Å². The summed E-state index contributed by atoms with van der Waals surface area (Å²) >= 11 is 0. The van der Waals surface area contributed by atoms with Gasteiger partial charge in [-0.15, -0.1) is 0 Å². The Morgan fingerprint density at radius 2 is 1.21 bits per heavy atom. The first kappa shape index (κ1) is 13.4. The quantitative estimate of drug-likeness (QED) is 0.779. The van der Waals surface area contributed by atoms with Gasteiger partial charge in [-0.05, 0) is 39.8 Å². The van der Waals surface area contributed by atoms with E-state index in [9.17, 15) is 0 Å². The minimum Gasteiger partial charge on any atom is -0.490 e. The summed E-state index contributed by atoms with van der Waals surface area (Å²) in [5, 5.41) is 18.6. The van der Waals surface area contributed by atoms with Crippen molar-refractivity contribution in [1.29, 1.82) is 10.8 Å². The Hall–Kier alpha value is -2.04. The molecule has 0 aromatic heterocycles. The van der Waals surface area contributed by atoms with Crippen molar-refractivity contribution in [3.05, 3.63) is 23.3 Å². The van der Waals surface area contributed by atoms with Crippen LogP contribution in [0.4, 0.5) is 0 Å². The molecule has 0 spiro atoms. The summed E-state index contributed by atoms with van der Waals surface area (Å²) < 4.78 is 11.4. The van der Waals surface area contributed by atoms with E-state index in [0.717, 1.165) is 0 Å². The van der Waals surface area contributed by atoms with Crippen LogP contribution in [0.3, 0.4) is 0 Å². The van der Waals surface area contributed by atoms with E-state index in [1.807, 2.05) is 27.7 Å². The van der Waals surface area contributed by atoms with Crippen LogP contribution in [-0.4, -0.2) is 23.9 Å². The summed E-state index contributed by atoms with van der Waals surface area (Å²) in [7, 11) is 0. The molecule has 1 aliphatic rings. The summed E-state index contributed by atoms with van der Waals surface area (Å²) in [4.78, 5) is 0. The predicted octanol–water partition coefficient (Wildman–Crippen LogP) is 2.51. The fraction of sp³-hybridized carbons (Fsp3) is 0.429. The molecule has 0 unspecified atom stereocenters. The molecule has 19 heavy (non-hydrogen) atoms. The Labute approximate surface area is 112 Å². The lowest BCUT2D eigenvalue weighted by Crippen LogP contribution is -2.20. The van der Waals surface area contributed by atoms with Crippen molar-refractivity contribution in [2.75, 3.05) is 0 Å². The normalized spacial score (nSPS) is 13.8. The first-order valence-electron chi connectivity index (χ1n) is 6.35. The second-order valence-corrected chi connectivity index (χ2v) is 5.02. The number of hydrogen-bond donors (Lipinski definition) is 3. The smallest absolute Gasteiger partial charge is 0.135 e. The van der Waals surface area contributed by atoms with Gasteiger partial charge in [0.15, 0.2) is 0 Å². The summed E-state index contributed by atoms with van der Waals surface area (Å²) in [5.74, 6) is 1.59. The minimum atomic E-state index is 0.0172. The van der Waals surface area contributed by atoms with Gasteiger partial charge in [0, 0.05) is 0 Å². The molecule has 2 rings (SSSR count). The van der Waals surface area contributed by atoms with Crippen LogP contribution in [-0.2, 0) is 0 Å². The van der Waals surface area contributed by atoms with Gasteiger partial charge in [0.2, 0.25) is 0 Å². The Morgan fingerprint density at radius 1 is 0.842 bits per heavy atom. The molecular weight excluding hydrogens is 242 g/mol. The summed E-state index contributed by atoms with van der Waals surface area (Å²) in [6.07, 6.45) is 0.0344. The van der Waals surface area contributed by atoms with Crippen molar-refractivity contribution < 1.29 is 9.47 Å². The summed E-state index contributed by atoms with van der Waals surface area (Å²) in [6.45, 7) is 7.73. The van der Waals surface area contributed by atoms with Gasteiger partial charge in [-0.3, -0.25) is 10.8 Å². The molecule has 0 fully saturated rings. The van der Waals surface area contributed by atoms with Gasteiger partial charge in [0.25, 0.3) is 0 Å². The molecule has 1 aromatic carbocycles. The lowest BCUT2D eigenvalue weighted by Gasteiger charge is -2.17. The molecule has 0 amide bonds. The maximum absolute atomic E-state index is 7.94. The third kappa shape index (κ3) is 2.54. The molecule has 0 aliphatic carbocycles. The zero-order valence-corrected chi connectivity index (χ0v) is 11.6. The lowest BCUT2D eigenvalue weighted by atomic mass is 10.1. The number of amidine groups is 2. The summed E-state index contributed by atoms with van der Waals surface area (Å²) in [5.41, 5.74) is 1.22. The van der Waals surface area contributed by atoms with Crippen LogP contribution < -0.4 is 14.8 Å². The molecule has 102 valence electrons. The Kier molecular flexibility index (Phi) is 3.46. The largest absolute Gasteiger partial charge is 0.490 e. The van der Waals surface area contributed by atoms with Crippen molar-refractivity contribution in [3.63, 3.8) is 0 Å². The number of benzene rings is 1. The van der Waals surface area contributed by atoms with Gasteiger partial charge in [0.05, 0.1) is 23.3 Å². The van der Waals surface area contributed by atoms with E-state index in [1.54, 1.807) is 12.1 Å². The molecular formula is C14H19N3O2. The lowest BCUT2D eigenvalue weighted by molar-refractivity contribution is 0.234. The van der Waals surface area contributed by atoms with Gasteiger partial charge < -0.3 is 14.8 Å². The van der Waals surface area contributed by atoms with E-state index in [1.165, 1.54) is 0 Å². The van der Waals surface area contributed by atoms with Gasteiger partial charge in [-0.2, -0.15) is 0 Å². The predicted molar refractivity (Wildman–Crippen MR) is 74.8 cm³/mol. The molecule has 1 heterocycles. The Bertz CT molecular complexity index is 489. The highest BCUT2D eigenvalue weighted by Crippen LogP contribution is 2.34. The van der Waals surface area contributed by atoms with Gasteiger partial charge in [0.1, 0.15) is 23.2 Å². The molecule has 3 N–H and O–H groups in total. The monoisotopic (exact) mass is 261 g/mol. The van der Waals surface area contributed by atoms with Crippen LogP contribution in [0.25, 0.3) is 0 Å². The number of rotatable bonds is 4. The van der Waals surface area contributed by atoms with E-state index < -0.39 is 0 Å². The molecule has 0 saturated heterocycles. The third-order valence-electron chi connectivity index (χ3n) is 2.60. The Balaban J connectivity index is 2.53. The van der Waals surface area contributed by atoms with Crippen molar-refractivity contribution in [2.45, 2.75) is 39.9 Å². The molecule has 5 heteroatoms. The highest BCUT2D eigenvalue weighted by Gasteiger charge is 2.29. The van der Waals surface area contributed by atoms with Crippen LogP contribution >= 0.6 is 0 Å². The SMILES string of the molecule is CC(C)Oc1ccc(OC(C)C)c2c1C(=N)NC2=N. The molecule has 0 atom stereocenters. The average molecular weight is 261 g/mol. The van der Waals surface area contributed by atoms with Crippen molar-refractivity contribution in [1.82, 2.24) is 5.32 Å². The topological polar surface area (TPSA) is 78.2 Å². The first-order chi connectivity index (χ1) is 8.90. The number of hydrogen-bond acceptors (Lipinski definition) is 4. The van der Waals surface area contributed by atoms with Crippen molar-refractivity contribution >= 4 is 11.7 Å². The Morgan fingerprint density at radius 3 is 1.53 bits per heavy atom. The maximum Gasteiger partial charge on any atom is 0.135 e. The van der Waals surface area contributed by atoms with Gasteiger partial charge in [-0.25, -0.2) is 0 Å². The summed E-state index contributed by atoms with van der Waals surface area (Å²) in [6, 6.07) is 3.59. The van der Waals surface area contributed by atoms with Crippen LogP contribution in [0.5, 0.6) is 11.5 Å². The fourth-order valence-electron chi connectivity index (χ4n) is 2.02. The number of ether oxygens (including phenoxy) is 2. The standard InChI is InChI=1S/C14H19N3O2/c1-7(2)18-9-5-6-10(19-8(3)4)12-11(9)13(15)17-14(12)16/h5-8H,1-4H3,(H3,15,16,17). The zero-order chi connectivity index (χ0) is 14.2.